The van der Waals surface area contributed by atoms with Crippen LogP contribution in [0.15, 0.2) is 0 Å². The Bertz CT molecular complexity index is 146. The van der Waals surface area contributed by atoms with E-state index in [0.29, 0.717) is 0 Å². The van der Waals surface area contributed by atoms with E-state index in [2.05, 4.69) is 0 Å². The number of amides is 4. The van der Waals surface area contributed by atoms with Gasteiger partial charge in [0.25, 0.3) is 0 Å². The maximum atomic E-state index is 10.3. The van der Waals surface area contributed by atoms with Gasteiger partial charge in [-0.05, 0) is 0 Å². The van der Waals surface area contributed by atoms with E-state index in [1.54, 1.807) is 0 Å². The largest absolute Gasteiger partial charge is 0.328 e. The van der Waals surface area contributed by atoms with Crippen molar-refractivity contribution in [1.29, 1.82) is 0 Å². The quantitative estimate of drug-likeness (QED) is 0.539. The monoisotopic (exact) mass is 268 g/mol. The summed E-state index contributed by atoms with van der Waals surface area (Å²) in [6.07, 6.45) is -0.258. The van der Waals surface area contributed by atoms with Crippen LogP contribution in [0.25, 0.3) is 0 Å². The molecule has 1 aliphatic heterocycles. The van der Waals surface area contributed by atoms with Gasteiger partial charge < -0.3 is 0 Å². The molecule has 0 radical (unpaired) electrons. The fourth-order valence-electron chi connectivity index (χ4n) is 0.519. The van der Waals surface area contributed by atoms with E-state index < -0.39 is 17.8 Å². The molecule has 1 aliphatic rings. The standard InChI is InChI=1S/C4H4N2O3.Ce/c7-2-1-3(8)6-4(9)5-2;/h1H2,(H2,5,6,7,8,9);. The molecule has 0 aromatic heterocycles. The molecule has 1 heterocycles. The Morgan fingerprint density at radius 3 is 1.70 bits per heavy atom. The number of imide groups is 2. The van der Waals surface area contributed by atoms with Crippen molar-refractivity contribution >= 4 is 17.8 Å². The number of carbonyl (C=O) groups excluding carboxylic acids is 3. The molecule has 1 fully saturated rings. The summed E-state index contributed by atoms with van der Waals surface area (Å²) < 4.78 is 0. The zero-order valence-corrected chi connectivity index (χ0v) is 8.07. The van der Waals surface area contributed by atoms with E-state index in [9.17, 15) is 14.4 Å². The van der Waals surface area contributed by atoms with E-state index in [1.807, 2.05) is 10.6 Å². The normalized spacial score (nSPS) is 17.0. The molecule has 0 aromatic carbocycles. The Kier molecular flexibility index (Phi) is 3.98. The molecule has 10 heavy (non-hydrogen) atoms. The molecule has 0 unspecified atom stereocenters. The van der Waals surface area contributed by atoms with Gasteiger partial charge in [-0.3, -0.25) is 20.2 Å². The van der Waals surface area contributed by atoms with Crippen LogP contribution in [0.2, 0.25) is 0 Å². The number of hydrogen-bond donors (Lipinski definition) is 2. The number of hydrogen-bond acceptors (Lipinski definition) is 3. The van der Waals surface area contributed by atoms with Crippen molar-refractivity contribution < 1.29 is 56.1 Å². The summed E-state index contributed by atoms with van der Waals surface area (Å²) in [6.45, 7) is 0. The summed E-state index contributed by atoms with van der Waals surface area (Å²) >= 11 is 0. The van der Waals surface area contributed by atoms with Crippen LogP contribution in [0, 0.1) is 41.7 Å². The third-order valence-corrected chi connectivity index (χ3v) is 0.827. The molecule has 0 aliphatic carbocycles. The molecule has 5 nitrogen and oxygen atoms in total. The van der Waals surface area contributed by atoms with Gasteiger partial charge in [-0.2, -0.15) is 0 Å². The molecule has 1 saturated heterocycles. The summed E-state index contributed by atoms with van der Waals surface area (Å²) in [4.78, 5) is 30.8. The molecule has 2 N–H and O–H groups in total. The van der Waals surface area contributed by atoms with Gasteiger partial charge in [0.05, 0.1) is 0 Å². The van der Waals surface area contributed by atoms with E-state index in [1.165, 1.54) is 0 Å². The molecule has 4 amide bonds. The first kappa shape index (κ1) is 9.99. The number of carbonyl (C=O) groups is 3. The number of barbiturate groups is 1. The Labute approximate surface area is 90.3 Å². The van der Waals surface area contributed by atoms with Crippen molar-refractivity contribution in [2.75, 3.05) is 0 Å². The molecular weight excluding hydrogens is 264 g/mol. The molecule has 0 aromatic rings. The molecule has 0 bridgehead atoms. The predicted octanol–water partition coefficient (Wildman–Crippen LogP) is -1.26. The van der Waals surface area contributed by atoms with Crippen LogP contribution in [-0.2, 0) is 9.59 Å². The third kappa shape index (κ3) is 2.71. The molecule has 52 valence electrons. The molecule has 0 atom stereocenters. The van der Waals surface area contributed by atoms with Gasteiger partial charge in [0.2, 0.25) is 11.8 Å². The maximum Gasteiger partial charge on any atom is 0.328 e. The SMILES string of the molecule is O=C1CC(=O)NC(=O)N1.[Ce]. The second kappa shape index (κ2) is 3.99. The van der Waals surface area contributed by atoms with E-state index in [4.69, 9.17) is 0 Å². The van der Waals surface area contributed by atoms with Crippen LogP contribution in [-0.4, -0.2) is 17.8 Å². The topological polar surface area (TPSA) is 75.3 Å². The minimum absolute atomic E-state index is 0. The Hall–Kier alpha value is -0.0134. The van der Waals surface area contributed by atoms with Crippen LogP contribution in [0.1, 0.15) is 6.42 Å². The van der Waals surface area contributed by atoms with Crippen LogP contribution in [0.5, 0.6) is 0 Å². The Balaban J connectivity index is 0.000000810. The van der Waals surface area contributed by atoms with Gasteiger partial charge in [-0.15, -0.1) is 0 Å². The molecular formula is C4H4CeN2O3. The summed E-state index contributed by atoms with van der Waals surface area (Å²) in [5.74, 6) is -1.10. The van der Waals surface area contributed by atoms with Crippen molar-refractivity contribution in [3.63, 3.8) is 0 Å². The average Bonchev–Trinajstić information content (AvgIpc) is 1.59. The van der Waals surface area contributed by atoms with Gasteiger partial charge in [0.1, 0.15) is 6.42 Å². The third-order valence-electron chi connectivity index (χ3n) is 0.827. The predicted molar refractivity (Wildman–Crippen MR) is 26.3 cm³/mol. The van der Waals surface area contributed by atoms with E-state index in [0.717, 1.165) is 0 Å². The summed E-state index contributed by atoms with van der Waals surface area (Å²) in [6, 6.07) is -0.740. The van der Waals surface area contributed by atoms with Gasteiger partial charge >= 0.3 is 6.03 Å². The molecule has 0 spiro atoms. The van der Waals surface area contributed by atoms with Crippen molar-refractivity contribution in [2.24, 2.45) is 0 Å². The smallest absolute Gasteiger partial charge is 0.277 e. The Morgan fingerprint density at radius 2 is 1.40 bits per heavy atom. The maximum absolute atomic E-state index is 10.3. The van der Waals surface area contributed by atoms with Crippen LogP contribution in [0.3, 0.4) is 0 Å². The van der Waals surface area contributed by atoms with Crippen LogP contribution < -0.4 is 10.6 Å². The van der Waals surface area contributed by atoms with Gasteiger partial charge in [-0.1, -0.05) is 0 Å². The molecule has 0 saturated carbocycles. The van der Waals surface area contributed by atoms with Crippen molar-refractivity contribution in [3.05, 3.63) is 0 Å². The summed E-state index contributed by atoms with van der Waals surface area (Å²) in [7, 11) is 0. The van der Waals surface area contributed by atoms with E-state index >= 15 is 0 Å². The first-order valence-electron chi connectivity index (χ1n) is 2.32. The number of urea groups is 1. The second-order valence-corrected chi connectivity index (χ2v) is 1.60. The van der Waals surface area contributed by atoms with Crippen molar-refractivity contribution in [2.45, 2.75) is 6.42 Å². The van der Waals surface area contributed by atoms with Crippen molar-refractivity contribution in [3.8, 4) is 0 Å². The molecule has 6 heteroatoms. The number of rotatable bonds is 0. The van der Waals surface area contributed by atoms with Gasteiger partial charge in [0.15, 0.2) is 0 Å². The Morgan fingerprint density at radius 1 is 1.00 bits per heavy atom. The van der Waals surface area contributed by atoms with Crippen LogP contribution in [0.4, 0.5) is 4.79 Å². The number of nitrogens with one attached hydrogen (secondary N) is 2. The first-order chi connectivity index (χ1) is 4.18. The minimum atomic E-state index is -0.740. The van der Waals surface area contributed by atoms with E-state index in [-0.39, 0.29) is 48.2 Å². The minimum Gasteiger partial charge on any atom is -0.277 e. The van der Waals surface area contributed by atoms with Crippen molar-refractivity contribution in [1.82, 2.24) is 10.6 Å². The fraction of sp³-hybridized carbons (Fsp3) is 0.250. The van der Waals surface area contributed by atoms with Gasteiger partial charge in [0, 0.05) is 41.7 Å². The van der Waals surface area contributed by atoms with Crippen LogP contribution >= 0.6 is 0 Å². The van der Waals surface area contributed by atoms with Gasteiger partial charge in [-0.25, -0.2) is 4.79 Å². The zero-order chi connectivity index (χ0) is 6.85. The summed E-state index contributed by atoms with van der Waals surface area (Å²) in [5, 5.41) is 3.80. The first-order valence-corrected chi connectivity index (χ1v) is 2.32. The summed E-state index contributed by atoms with van der Waals surface area (Å²) in [5.41, 5.74) is 0. The zero-order valence-electron chi connectivity index (χ0n) is 4.93. The fourth-order valence-corrected chi connectivity index (χ4v) is 0.519. The molecule has 1 rings (SSSR count). The second-order valence-electron chi connectivity index (χ2n) is 1.60. The average molecular weight is 268 g/mol.